The highest BCUT2D eigenvalue weighted by Gasteiger charge is 2.26. The van der Waals surface area contributed by atoms with Gasteiger partial charge in [-0.15, -0.1) is 0 Å². The number of aliphatic hydroxyl groups excluding tert-OH is 1. The van der Waals surface area contributed by atoms with E-state index in [1.54, 1.807) is 6.07 Å². The lowest BCUT2D eigenvalue weighted by Gasteiger charge is -2.20. The molecule has 3 rings (SSSR count). The summed E-state index contributed by atoms with van der Waals surface area (Å²) < 4.78 is 0. The van der Waals surface area contributed by atoms with E-state index in [4.69, 9.17) is 0 Å². The van der Waals surface area contributed by atoms with Crippen molar-refractivity contribution in [2.75, 3.05) is 11.9 Å². The second-order valence-corrected chi connectivity index (χ2v) is 5.31. The quantitative estimate of drug-likeness (QED) is 0.897. The van der Waals surface area contributed by atoms with Gasteiger partial charge < -0.3 is 10.4 Å². The zero-order chi connectivity index (χ0) is 13.9. The summed E-state index contributed by atoms with van der Waals surface area (Å²) in [5.41, 5.74) is 1.46. The van der Waals surface area contributed by atoms with Gasteiger partial charge in [0.25, 0.3) is 0 Å². The molecule has 0 unspecified atom stereocenters. The van der Waals surface area contributed by atoms with Crippen LogP contribution in [-0.2, 0) is 0 Å². The second kappa shape index (κ2) is 5.48. The molecule has 0 amide bonds. The largest absolute Gasteiger partial charge is 0.396 e. The number of pyridine rings is 1. The molecular weight excluding hydrogens is 250 g/mol. The molecule has 1 aromatic heterocycles. The van der Waals surface area contributed by atoms with Crippen LogP contribution in [0, 0.1) is 17.2 Å². The van der Waals surface area contributed by atoms with Gasteiger partial charge in [-0.2, -0.15) is 5.26 Å². The zero-order valence-electron chi connectivity index (χ0n) is 11.2. The molecule has 4 heteroatoms. The monoisotopic (exact) mass is 267 g/mol. The highest BCUT2D eigenvalue weighted by molar-refractivity contribution is 5.86. The molecule has 0 saturated heterocycles. The lowest BCUT2D eigenvalue weighted by molar-refractivity contribution is 0.222. The molecule has 102 valence electrons. The van der Waals surface area contributed by atoms with Gasteiger partial charge in [-0.25, -0.2) is 4.98 Å². The Morgan fingerprint density at radius 3 is 3.00 bits per heavy atom. The van der Waals surface area contributed by atoms with Crippen molar-refractivity contribution in [3.63, 3.8) is 0 Å². The Morgan fingerprint density at radius 2 is 2.20 bits per heavy atom. The van der Waals surface area contributed by atoms with E-state index in [1.165, 1.54) is 0 Å². The standard InChI is InChI=1S/C16H17N3O/c17-9-12-8-16(18-14-7-3-4-11(14)10-20)19-15-6-2-1-5-13(12)15/h1-2,5-6,8,11,14,20H,3-4,7,10H2,(H,18,19)/t11-,14-/m0/s1. The molecule has 2 N–H and O–H groups in total. The van der Waals surface area contributed by atoms with Gasteiger partial charge in [0.1, 0.15) is 5.82 Å². The first kappa shape index (κ1) is 12.9. The summed E-state index contributed by atoms with van der Waals surface area (Å²) in [7, 11) is 0. The fourth-order valence-corrected chi connectivity index (χ4v) is 2.98. The summed E-state index contributed by atoms with van der Waals surface area (Å²) >= 11 is 0. The van der Waals surface area contributed by atoms with Crippen LogP contribution in [0.1, 0.15) is 24.8 Å². The van der Waals surface area contributed by atoms with Crippen molar-refractivity contribution in [3.8, 4) is 6.07 Å². The van der Waals surface area contributed by atoms with Crippen LogP contribution in [0.5, 0.6) is 0 Å². The molecule has 2 atom stereocenters. The third-order valence-corrected chi connectivity index (χ3v) is 4.06. The Balaban J connectivity index is 1.94. The van der Waals surface area contributed by atoms with Gasteiger partial charge >= 0.3 is 0 Å². The zero-order valence-corrected chi connectivity index (χ0v) is 11.2. The minimum absolute atomic E-state index is 0.205. The number of benzene rings is 1. The van der Waals surface area contributed by atoms with E-state index in [1.807, 2.05) is 24.3 Å². The maximum absolute atomic E-state index is 9.37. The first-order chi connectivity index (χ1) is 9.81. The van der Waals surface area contributed by atoms with Crippen LogP contribution in [0.15, 0.2) is 30.3 Å². The number of anilines is 1. The molecule has 0 bridgehead atoms. The SMILES string of the molecule is N#Cc1cc(N[C@H]2CCC[C@H]2CO)nc2ccccc12. The first-order valence-electron chi connectivity index (χ1n) is 6.99. The van der Waals surface area contributed by atoms with Gasteiger partial charge in [0.15, 0.2) is 0 Å². The average molecular weight is 267 g/mol. The van der Waals surface area contributed by atoms with Crippen LogP contribution >= 0.6 is 0 Å². The Labute approximate surface area is 118 Å². The topological polar surface area (TPSA) is 68.9 Å². The van der Waals surface area contributed by atoms with Crippen molar-refractivity contribution in [1.82, 2.24) is 4.98 Å². The predicted molar refractivity (Wildman–Crippen MR) is 78.3 cm³/mol. The summed E-state index contributed by atoms with van der Waals surface area (Å²) in [5.74, 6) is 1.01. The third kappa shape index (κ3) is 2.33. The van der Waals surface area contributed by atoms with Gasteiger partial charge in [0.05, 0.1) is 17.1 Å². The first-order valence-corrected chi connectivity index (χ1v) is 6.99. The Morgan fingerprint density at radius 1 is 1.35 bits per heavy atom. The van der Waals surface area contributed by atoms with Crippen molar-refractivity contribution >= 4 is 16.7 Å². The minimum atomic E-state index is 0.205. The number of aliphatic hydroxyl groups is 1. The molecule has 1 aliphatic rings. The molecule has 20 heavy (non-hydrogen) atoms. The molecule has 0 radical (unpaired) electrons. The second-order valence-electron chi connectivity index (χ2n) is 5.31. The van der Waals surface area contributed by atoms with Crippen LogP contribution in [0.4, 0.5) is 5.82 Å². The van der Waals surface area contributed by atoms with Crippen LogP contribution < -0.4 is 5.32 Å². The van der Waals surface area contributed by atoms with Crippen LogP contribution in [0.2, 0.25) is 0 Å². The van der Waals surface area contributed by atoms with Gasteiger partial charge in [-0.1, -0.05) is 24.6 Å². The molecular formula is C16H17N3O. The van der Waals surface area contributed by atoms with E-state index in [0.29, 0.717) is 5.56 Å². The maximum atomic E-state index is 9.37. The molecule has 1 aliphatic carbocycles. The van der Waals surface area contributed by atoms with Gasteiger partial charge in [0, 0.05) is 24.0 Å². The molecule has 1 aromatic carbocycles. The van der Waals surface area contributed by atoms with E-state index in [9.17, 15) is 10.4 Å². The van der Waals surface area contributed by atoms with E-state index in [0.717, 1.165) is 36.0 Å². The highest BCUT2D eigenvalue weighted by atomic mass is 16.3. The van der Waals surface area contributed by atoms with E-state index in [-0.39, 0.29) is 18.6 Å². The molecule has 1 saturated carbocycles. The summed E-state index contributed by atoms with van der Waals surface area (Å²) in [6, 6.07) is 11.9. The lowest BCUT2D eigenvalue weighted by atomic mass is 10.0. The number of aromatic nitrogens is 1. The van der Waals surface area contributed by atoms with Crippen LogP contribution in [0.3, 0.4) is 0 Å². The summed E-state index contributed by atoms with van der Waals surface area (Å²) in [6.07, 6.45) is 3.22. The minimum Gasteiger partial charge on any atom is -0.396 e. The number of fused-ring (bicyclic) bond motifs is 1. The van der Waals surface area contributed by atoms with Crippen molar-refractivity contribution in [2.45, 2.75) is 25.3 Å². The molecule has 4 nitrogen and oxygen atoms in total. The van der Waals surface area contributed by atoms with Crippen LogP contribution in [-0.4, -0.2) is 22.7 Å². The van der Waals surface area contributed by atoms with Crippen molar-refractivity contribution in [2.24, 2.45) is 5.92 Å². The fraction of sp³-hybridized carbons (Fsp3) is 0.375. The lowest BCUT2D eigenvalue weighted by Crippen LogP contribution is -2.26. The Hall–Kier alpha value is -2.12. The van der Waals surface area contributed by atoms with Gasteiger partial charge in [0.2, 0.25) is 0 Å². The van der Waals surface area contributed by atoms with Crippen LogP contribution in [0.25, 0.3) is 10.9 Å². The van der Waals surface area contributed by atoms with Crippen molar-refractivity contribution in [3.05, 3.63) is 35.9 Å². The Bertz CT molecular complexity index is 662. The van der Waals surface area contributed by atoms with E-state index in [2.05, 4.69) is 16.4 Å². The summed E-state index contributed by atoms with van der Waals surface area (Å²) in [5, 5.41) is 22.9. The average Bonchev–Trinajstić information content (AvgIpc) is 2.93. The summed E-state index contributed by atoms with van der Waals surface area (Å²) in [4.78, 5) is 4.57. The molecule has 2 aromatic rings. The predicted octanol–water partition coefficient (Wildman–Crippen LogP) is 2.68. The number of para-hydroxylation sites is 1. The number of nitrogens with one attached hydrogen (secondary N) is 1. The number of nitriles is 1. The highest BCUT2D eigenvalue weighted by Crippen LogP contribution is 2.29. The van der Waals surface area contributed by atoms with E-state index >= 15 is 0 Å². The summed E-state index contributed by atoms with van der Waals surface area (Å²) in [6.45, 7) is 0.205. The maximum Gasteiger partial charge on any atom is 0.128 e. The normalized spacial score (nSPS) is 21.8. The van der Waals surface area contributed by atoms with Crippen molar-refractivity contribution < 1.29 is 5.11 Å². The number of hydrogen-bond acceptors (Lipinski definition) is 4. The van der Waals surface area contributed by atoms with Crippen molar-refractivity contribution in [1.29, 1.82) is 5.26 Å². The van der Waals surface area contributed by atoms with Gasteiger partial charge in [-0.3, -0.25) is 0 Å². The number of hydrogen-bond donors (Lipinski definition) is 2. The van der Waals surface area contributed by atoms with Gasteiger partial charge in [-0.05, 0) is 25.0 Å². The molecule has 0 spiro atoms. The molecule has 1 fully saturated rings. The smallest absolute Gasteiger partial charge is 0.128 e. The molecule has 0 aliphatic heterocycles. The Kier molecular flexibility index (Phi) is 3.53. The number of rotatable bonds is 3. The van der Waals surface area contributed by atoms with E-state index < -0.39 is 0 Å². The molecule has 1 heterocycles. The number of nitrogens with zero attached hydrogens (tertiary/aromatic N) is 2. The third-order valence-electron chi connectivity index (χ3n) is 4.06. The fourth-order valence-electron chi connectivity index (χ4n) is 2.98.